The van der Waals surface area contributed by atoms with Gasteiger partial charge in [0.05, 0.1) is 12.0 Å². The van der Waals surface area contributed by atoms with Crippen molar-refractivity contribution in [1.29, 1.82) is 0 Å². The molecular formula is C18H20N2O6S. The molecule has 9 heteroatoms. The number of sulfonamides is 1. The van der Waals surface area contributed by atoms with E-state index >= 15 is 0 Å². The molecule has 0 saturated carbocycles. The van der Waals surface area contributed by atoms with Crippen LogP contribution in [0.15, 0.2) is 47.4 Å². The van der Waals surface area contributed by atoms with Crippen LogP contribution in [0.1, 0.15) is 22.8 Å². The first kappa shape index (κ1) is 20.2. The summed E-state index contributed by atoms with van der Waals surface area (Å²) in [6.45, 7) is 1.56. The Morgan fingerprint density at radius 3 is 2.52 bits per heavy atom. The molecule has 27 heavy (non-hydrogen) atoms. The average molecular weight is 392 g/mol. The van der Waals surface area contributed by atoms with Gasteiger partial charge in [-0.3, -0.25) is 9.52 Å². The van der Waals surface area contributed by atoms with Crippen molar-refractivity contribution in [3.63, 3.8) is 0 Å². The number of hydrogen-bond acceptors (Lipinski definition) is 6. The highest BCUT2D eigenvalue weighted by Crippen LogP contribution is 2.25. The van der Waals surface area contributed by atoms with Gasteiger partial charge in [-0.25, -0.2) is 13.2 Å². The van der Waals surface area contributed by atoms with E-state index in [2.05, 4.69) is 9.46 Å². The van der Waals surface area contributed by atoms with Crippen molar-refractivity contribution in [3.05, 3.63) is 53.6 Å². The van der Waals surface area contributed by atoms with Gasteiger partial charge < -0.3 is 15.2 Å². The minimum absolute atomic E-state index is 0.0225. The Bertz CT molecular complexity index is 956. The van der Waals surface area contributed by atoms with E-state index in [1.165, 1.54) is 49.6 Å². The lowest BCUT2D eigenvalue weighted by Gasteiger charge is -2.13. The molecule has 2 aromatic rings. The summed E-state index contributed by atoms with van der Waals surface area (Å²) in [5.74, 6) is -0.793. The van der Waals surface area contributed by atoms with Crippen molar-refractivity contribution in [2.24, 2.45) is 5.73 Å². The Labute approximate surface area is 157 Å². The molecule has 0 atom stereocenters. The van der Waals surface area contributed by atoms with Crippen LogP contribution in [0.25, 0.3) is 0 Å². The van der Waals surface area contributed by atoms with E-state index in [4.69, 9.17) is 10.5 Å². The van der Waals surface area contributed by atoms with Gasteiger partial charge in [0.2, 0.25) is 5.91 Å². The Hall–Kier alpha value is -3.07. The molecule has 0 bridgehead atoms. The van der Waals surface area contributed by atoms with E-state index in [1.54, 1.807) is 0 Å². The molecule has 0 unspecified atom stereocenters. The first-order valence-electron chi connectivity index (χ1n) is 8.02. The maximum Gasteiger partial charge on any atom is 0.343 e. The Morgan fingerprint density at radius 2 is 1.89 bits per heavy atom. The minimum Gasteiger partial charge on any atom is -0.482 e. The van der Waals surface area contributed by atoms with Gasteiger partial charge in [0.1, 0.15) is 5.75 Å². The lowest BCUT2D eigenvalue weighted by molar-refractivity contribution is -0.142. The number of esters is 1. The van der Waals surface area contributed by atoms with Crippen LogP contribution >= 0.6 is 0 Å². The lowest BCUT2D eigenvalue weighted by atomic mass is 10.1. The van der Waals surface area contributed by atoms with Crippen molar-refractivity contribution >= 4 is 27.6 Å². The molecule has 0 radical (unpaired) electrons. The quantitative estimate of drug-likeness (QED) is 0.659. The Kier molecular flexibility index (Phi) is 6.40. The largest absolute Gasteiger partial charge is 0.482 e. The van der Waals surface area contributed by atoms with E-state index < -0.39 is 21.9 Å². The molecule has 0 fully saturated rings. The molecule has 0 aliphatic rings. The normalized spacial score (nSPS) is 10.9. The van der Waals surface area contributed by atoms with E-state index in [-0.39, 0.29) is 22.8 Å². The second kappa shape index (κ2) is 8.54. The maximum atomic E-state index is 12.6. The van der Waals surface area contributed by atoms with Gasteiger partial charge >= 0.3 is 5.97 Å². The van der Waals surface area contributed by atoms with Crippen LogP contribution in [0.5, 0.6) is 5.75 Å². The number of nitrogens with two attached hydrogens (primary N) is 1. The molecule has 0 aliphatic heterocycles. The zero-order valence-corrected chi connectivity index (χ0v) is 15.7. The molecule has 3 N–H and O–H groups in total. The van der Waals surface area contributed by atoms with Crippen molar-refractivity contribution in [3.8, 4) is 5.75 Å². The number of carbonyl (C=O) groups is 2. The summed E-state index contributed by atoms with van der Waals surface area (Å²) < 4.78 is 37.6. The van der Waals surface area contributed by atoms with Crippen LogP contribution in [-0.4, -0.2) is 34.0 Å². The molecule has 0 spiro atoms. The number of ether oxygens (including phenoxy) is 2. The van der Waals surface area contributed by atoms with Crippen molar-refractivity contribution in [2.45, 2.75) is 18.2 Å². The Morgan fingerprint density at radius 1 is 1.15 bits per heavy atom. The number of amides is 1. The average Bonchev–Trinajstić information content (AvgIpc) is 2.65. The highest BCUT2D eigenvalue weighted by Gasteiger charge is 2.17. The van der Waals surface area contributed by atoms with E-state index in [0.29, 0.717) is 17.7 Å². The van der Waals surface area contributed by atoms with E-state index in [9.17, 15) is 18.0 Å². The summed E-state index contributed by atoms with van der Waals surface area (Å²) in [6.07, 6.45) is 0.497. The second-order valence-corrected chi connectivity index (χ2v) is 7.22. The zero-order valence-electron chi connectivity index (χ0n) is 14.9. The van der Waals surface area contributed by atoms with Gasteiger partial charge in [-0.1, -0.05) is 13.0 Å². The van der Waals surface area contributed by atoms with Gasteiger partial charge in [-0.15, -0.1) is 0 Å². The Balaban J connectivity index is 2.26. The fraction of sp³-hybridized carbons (Fsp3) is 0.222. The number of anilines is 1. The number of carbonyl (C=O) groups excluding carboxylic acids is 2. The first-order chi connectivity index (χ1) is 12.8. The molecule has 2 rings (SSSR count). The van der Waals surface area contributed by atoms with Crippen LogP contribution in [0.3, 0.4) is 0 Å². The van der Waals surface area contributed by atoms with Gasteiger partial charge in [0.15, 0.2) is 6.61 Å². The number of hydrogen-bond donors (Lipinski definition) is 2. The number of nitrogens with one attached hydrogen (secondary N) is 1. The molecule has 1 amide bonds. The summed E-state index contributed by atoms with van der Waals surface area (Å²) in [4.78, 5) is 22.5. The second-order valence-electron chi connectivity index (χ2n) is 5.54. The summed E-state index contributed by atoms with van der Waals surface area (Å²) in [5.41, 5.74) is 6.24. The maximum absolute atomic E-state index is 12.6. The number of methoxy groups -OCH3 is 1. The van der Waals surface area contributed by atoms with Gasteiger partial charge in [-0.2, -0.15) is 0 Å². The van der Waals surface area contributed by atoms with Gasteiger partial charge in [0.25, 0.3) is 10.0 Å². The minimum atomic E-state index is -3.89. The fourth-order valence-electron chi connectivity index (χ4n) is 2.29. The molecule has 0 aliphatic carbocycles. The third kappa shape index (κ3) is 5.20. The van der Waals surface area contributed by atoms with Gasteiger partial charge in [0, 0.05) is 11.3 Å². The first-order valence-corrected chi connectivity index (χ1v) is 9.50. The molecule has 0 aromatic heterocycles. The van der Waals surface area contributed by atoms with E-state index in [0.717, 1.165) is 0 Å². The number of primary amides is 1. The highest BCUT2D eigenvalue weighted by atomic mass is 32.2. The van der Waals surface area contributed by atoms with Crippen molar-refractivity contribution < 1.29 is 27.5 Å². The standard InChI is InChI=1S/C18H20N2O6S/c1-3-12-10-15(7-8-16(12)26-11-17(21)25-2)27(23,24)20-14-6-4-5-13(9-14)18(19)22/h4-10,20H,3,11H2,1-2H3,(H2,19,22). The van der Waals surface area contributed by atoms with Crippen LogP contribution in [0.2, 0.25) is 0 Å². The number of aryl methyl sites for hydroxylation is 1. The number of rotatable bonds is 8. The monoisotopic (exact) mass is 392 g/mol. The van der Waals surface area contributed by atoms with E-state index in [1.807, 2.05) is 6.92 Å². The predicted molar refractivity (Wildman–Crippen MR) is 99.1 cm³/mol. The lowest BCUT2D eigenvalue weighted by Crippen LogP contribution is -2.16. The predicted octanol–water partition coefficient (Wildman–Crippen LogP) is 1.70. The van der Waals surface area contributed by atoms with Crippen LogP contribution in [-0.2, 0) is 26.0 Å². The van der Waals surface area contributed by atoms with Crippen molar-refractivity contribution in [1.82, 2.24) is 0 Å². The highest BCUT2D eigenvalue weighted by molar-refractivity contribution is 7.92. The third-order valence-corrected chi connectivity index (χ3v) is 5.07. The van der Waals surface area contributed by atoms with Crippen molar-refractivity contribution in [2.75, 3.05) is 18.4 Å². The summed E-state index contributed by atoms with van der Waals surface area (Å²) in [7, 11) is -2.64. The number of benzene rings is 2. The molecule has 2 aromatic carbocycles. The third-order valence-electron chi connectivity index (χ3n) is 3.70. The molecule has 0 saturated heterocycles. The molecule has 0 heterocycles. The van der Waals surface area contributed by atoms with Gasteiger partial charge in [-0.05, 0) is 48.4 Å². The van der Waals surface area contributed by atoms with Crippen LogP contribution < -0.4 is 15.2 Å². The molecule has 8 nitrogen and oxygen atoms in total. The smallest absolute Gasteiger partial charge is 0.343 e. The molecule has 144 valence electrons. The van der Waals surface area contributed by atoms with Crippen LogP contribution in [0.4, 0.5) is 5.69 Å². The van der Waals surface area contributed by atoms with Crippen LogP contribution in [0, 0.1) is 0 Å². The summed E-state index contributed by atoms with van der Waals surface area (Å²) in [5, 5.41) is 0. The zero-order chi connectivity index (χ0) is 20.0. The fourth-order valence-corrected chi connectivity index (χ4v) is 3.39. The molecular weight excluding hydrogens is 372 g/mol. The summed E-state index contributed by atoms with van der Waals surface area (Å²) in [6, 6.07) is 10.2. The topological polar surface area (TPSA) is 125 Å². The SMILES string of the molecule is CCc1cc(S(=O)(=O)Nc2cccc(C(N)=O)c2)ccc1OCC(=O)OC. The summed E-state index contributed by atoms with van der Waals surface area (Å²) >= 11 is 0.